The molecule has 3 atom stereocenters. The van der Waals surface area contributed by atoms with Crippen molar-refractivity contribution < 1.29 is 33.4 Å². The van der Waals surface area contributed by atoms with E-state index in [-0.39, 0.29) is 6.61 Å². The second-order valence-corrected chi connectivity index (χ2v) is 15.7. The quantitative estimate of drug-likeness (QED) is 0.598. The molecule has 2 aromatic rings. The van der Waals surface area contributed by atoms with Crippen LogP contribution >= 0.6 is 0 Å². The lowest BCUT2D eigenvalue weighted by molar-refractivity contribution is -0.145. The van der Waals surface area contributed by atoms with Gasteiger partial charge in [-0.05, 0) is 38.5 Å². The van der Waals surface area contributed by atoms with E-state index in [1.54, 1.807) is 57.2 Å². The molecular formula is C24H32N2O7Si. The van der Waals surface area contributed by atoms with Crippen LogP contribution in [-0.4, -0.2) is 58.7 Å². The zero-order valence-electron chi connectivity index (χ0n) is 20.3. The first kappa shape index (κ1) is 25.4. The number of hydrogen-bond acceptors (Lipinski definition) is 6. The number of amides is 2. The molecule has 0 spiro atoms. The molecule has 10 heteroatoms. The highest BCUT2D eigenvalue weighted by molar-refractivity contribution is 6.78. The number of carbonyl (C=O) groups is 3. The van der Waals surface area contributed by atoms with Crippen LogP contribution in [0.4, 0.5) is 9.59 Å². The van der Waals surface area contributed by atoms with Crippen molar-refractivity contribution in [3.05, 3.63) is 60.1 Å². The van der Waals surface area contributed by atoms with Crippen molar-refractivity contribution in [1.29, 1.82) is 0 Å². The number of ether oxygens (including phenoxy) is 2. The van der Waals surface area contributed by atoms with Gasteiger partial charge in [-0.15, -0.1) is 0 Å². The Bertz CT molecular complexity index is 1010. The molecule has 9 nitrogen and oxygen atoms in total. The van der Waals surface area contributed by atoms with Crippen molar-refractivity contribution in [3.8, 4) is 0 Å². The first-order valence-corrected chi connectivity index (χ1v) is 14.7. The lowest BCUT2D eigenvalue weighted by atomic mass is 9.98. The fraction of sp³-hybridized carbons (Fsp3) is 0.458. The summed E-state index contributed by atoms with van der Waals surface area (Å²) in [5.74, 6) is -1.69. The van der Waals surface area contributed by atoms with E-state index in [9.17, 15) is 19.5 Å². The second-order valence-electron chi connectivity index (χ2n) is 10.3. The van der Waals surface area contributed by atoms with Crippen LogP contribution in [0.25, 0.3) is 0 Å². The van der Waals surface area contributed by atoms with Crippen molar-refractivity contribution in [1.82, 2.24) is 10.0 Å². The number of hydrazine groups is 1. The Hall–Kier alpha value is -3.27. The van der Waals surface area contributed by atoms with Gasteiger partial charge in [0.25, 0.3) is 0 Å². The zero-order chi connectivity index (χ0) is 25.3. The summed E-state index contributed by atoms with van der Waals surface area (Å²) in [6, 6.07) is 10.9. The predicted octanol–water partition coefficient (Wildman–Crippen LogP) is 4.87. The molecule has 184 valence electrons. The maximum atomic E-state index is 13.4. The van der Waals surface area contributed by atoms with E-state index in [0.717, 1.165) is 15.6 Å². The van der Waals surface area contributed by atoms with E-state index < -0.39 is 49.5 Å². The lowest BCUT2D eigenvalue weighted by Crippen LogP contribution is -2.58. The highest BCUT2D eigenvalue weighted by atomic mass is 28.3. The molecule has 2 heterocycles. The smallest absolute Gasteiger partial charge is 0.430 e. The maximum Gasteiger partial charge on any atom is 0.430 e. The van der Waals surface area contributed by atoms with E-state index in [1.807, 2.05) is 25.7 Å². The number of carboxylic acids is 1. The monoisotopic (exact) mass is 488 g/mol. The molecule has 1 unspecified atom stereocenters. The average molecular weight is 489 g/mol. The van der Waals surface area contributed by atoms with E-state index in [2.05, 4.69) is 0 Å². The number of nitrogens with zero attached hydrogens (tertiary/aromatic N) is 2. The van der Waals surface area contributed by atoms with Gasteiger partial charge in [-0.25, -0.2) is 19.4 Å². The van der Waals surface area contributed by atoms with Crippen LogP contribution < -0.4 is 0 Å². The minimum absolute atomic E-state index is 0.0757. The summed E-state index contributed by atoms with van der Waals surface area (Å²) in [5, 5.41) is 12.3. The first-order chi connectivity index (χ1) is 15.8. The SMILES string of the molecule is CC(C)(C)OC(=O)N1[C@@H]([Si](C)(C)C)[C@H](c2ccco2)C(C(=O)O)N1C(=O)OCc1ccccc1. The number of rotatable bonds is 5. The third kappa shape index (κ3) is 5.44. The molecule has 0 aliphatic carbocycles. The van der Waals surface area contributed by atoms with Crippen LogP contribution in [0, 0.1) is 0 Å². The van der Waals surface area contributed by atoms with Crippen LogP contribution in [0.15, 0.2) is 53.1 Å². The van der Waals surface area contributed by atoms with Crippen molar-refractivity contribution >= 4 is 26.2 Å². The summed E-state index contributed by atoms with van der Waals surface area (Å²) >= 11 is 0. The van der Waals surface area contributed by atoms with Gasteiger partial charge in [-0.1, -0.05) is 50.0 Å². The molecule has 1 N–H and O–H groups in total. The van der Waals surface area contributed by atoms with Gasteiger partial charge in [0, 0.05) is 0 Å². The van der Waals surface area contributed by atoms with E-state index >= 15 is 0 Å². The zero-order valence-corrected chi connectivity index (χ0v) is 21.3. The van der Waals surface area contributed by atoms with Gasteiger partial charge in [0.15, 0.2) is 6.04 Å². The van der Waals surface area contributed by atoms with Crippen LogP contribution in [0.3, 0.4) is 0 Å². The molecule has 34 heavy (non-hydrogen) atoms. The molecule has 1 aromatic heterocycles. The third-order valence-electron chi connectivity index (χ3n) is 5.42. The molecule has 1 aliphatic rings. The number of furan rings is 1. The van der Waals surface area contributed by atoms with Gasteiger partial charge in [-0.2, -0.15) is 5.01 Å². The lowest BCUT2D eigenvalue weighted by Gasteiger charge is -2.38. The third-order valence-corrected chi connectivity index (χ3v) is 7.80. The van der Waals surface area contributed by atoms with Crippen molar-refractivity contribution in [2.45, 2.75) is 70.2 Å². The van der Waals surface area contributed by atoms with Gasteiger partial charge in [0.05, 0.1) is 25.9 Å². The summed E-state index contributed by atoms with van der Waals surface area (Å²) in [7, 11) is -2.35. The fourth-order valence-electron chi connectivity index (χ4n) is 4.20. The second kappa shape index (κ2) is 9.53. The summed E-state index contributed by atoms with van der Waals surface area (Å²) in [5.41, 5.74) is -0.767. The Morgan fingerprint density at radius 2 is 1.65 bits per heavy atom. The molecule has 0 bridgehead atoms. The van der Waals surface area contributed by atoms with Crippen LogP contribution in [-0.2, 0) is 20.9 Å². The average Bonchev–Trinajstić information content (AvgIpc) is 3.36. The van der Waals surface area contributed by atoms with Crippen LogP contribution in [0.1, 0.15) is 38.0 Å². The van der Waals surface area contributed by atoms with Gasteiger partial charge < -0.3 is 19.0 Å². The molecule has 1 saturated heterocycles. The molecule has 1 aromatic carbocycles. The summed E-state index contributed by atoms with van der Waals surface area (Å²) in [6.07, 6.45) is -0.305. The minimum atomic E-state index is -2.35. The van der Waals surface area contributed by atoms with Gasteiger partial charge >= 0.3 is 18.2 Å². The molecule has 1 aliphatic heterocycles. The number of benzene rings is 1. The van der Waals surface area contributed by atoms with E-state index in [1.165, 1.54) is 6.26 Å². The Balaban J connectivity index is 2.09. The molecule has 2 amide bonds. The Morgan fingerprint density at radius 1 is 1.00 bits per heavy atom. The van der Waals surface area contributed by atoms with Crippen LogP contribution in [0.5, 0.6) is 0 Å². The van der Waals surface area contributed by atoms with E-state index in [0.29, 0.717) is 5.76 Å². The van der Waals surface area contributed by atoms with Crippen molar-refractivity contribution in [3.63, 3.8) is 0 Å². The minimum Gasteiger partial charge on any atom is -0.480 e. The first-order valence-electron chi connectivity index (χ1n) is 11.1. The normalized spacial score (nSPS) is 20.8. The predicted molar refractivity (Wildman–Crippen MR) is 127 cm³/mol. The standard InChI is InChI=1S/C24H32N2O7Si/c1-24(2,3)33-23(30)26-20(34(4,5)6)18(17-13-10-14-31-17)19(21(27)28)25(26)22(29)32-15-16-11-8-7-9-12-16/h7-14,18-20H,15H2,1-6H3,(H,27,28)/t18-,19?,20+/m1/s1. The van der Waals surface area contributed by atoms with Gasteiger partial charge in [0.2, 0.25) is 0 Å². The fourth-order valence-corrected chi connectivity index (χ4v) is 6.59. The molecule has 0 saturated carbocycles. The Morgan fingerprint density at radius 3 is 2.15 bits per heavy atom. The molecule has 0 radical (unpaired) electrons. The number of carbonyl (C=O) groups excluding carboxylic acids is 2. The number of aliphatic carboxylic acids is 1. The van der Waals surface area contributed by atoms with Gasteiger partial charge in [-0.3, -0.25) is 0 Å². The summed E-state index contributed by atoms with van der Waals surface area (Å²) < 4.78 is 16.7. The molecule has 3 rings (SSSR count). The molecular weight excluding hydrogens is 456 g/mol. The van der Waals surface area contributed by atoms with Gasteiger partial charge in [0.1, 0.15) is 18.0 Å². The Kier molecular flexibility index (Phi) is 7.11. The Labute approximate surface area is 200 Å². The van der Waals surface area contributed by atoms with Crippen molar-refractivity contribution in [2.75, 3.05) is 0 Å². The number of carboxylic acid groups (broad SMARTS) is 1. The topological polar surface area (TPSA) is 110 Å². The largest absolute Gasteiger partial charge is 0.480 e. The highest BCUT2D eigenvalue weighted by Crippen LogP contribution is 2.43. The molecule has 1 fully saturated rings. The number of hydrogen-bond donors (Lipinski definition) is 1. The van der Waals surface area contributed by atoms with Crippen molar-refractivity contribution in [2.24, 2.45) is 0 Å². The van der Waals surface area contributed by atoms with E-state index in [4.69, 9.17) is 13.9 Å². The summed E-state index contributed by atoms with van der Waals surface area (Å²) in [6.45, 7) is 11.1. The van der Waals surface area contributed by atoms with Crippen LogP contribution in [0.2, 0.25) is 19.6 Å². The summed E-state index contributed by atoms with van der Waals surface area (Å²) in [4.78, 5) is 39.4. The maximum absolute atomic E-state index is 13.4. The highest BCUT2D eigenvalue weighted by Gasteiger charge is 2.61.